The average molecular weight is 385 g/mol. The molecule has 1 saturated heterocycles. The van der Waals surface area contributed by atoms with Crippen LogP contribution in [0.3, 0.4) is 0 Å². The van der Waals surface area contributed by atoms with Gasteiger partial charge in [-0.05, 0) is 48.2 Å². The van der Waals surface area contributed by atoms with E-state index in [9.17, 15) is 9.18 Å². The van der Waals surface area contributed by atoms with Crippen LogP contribution >= 0.6 is 0 Å². The molecule has 2 amide bonds. The average Bonchev–Trinajstić information content (AvgIpc) is 2.70. The highest BCUT2D eigenvalue weighted by molar-refractivity contribution is 5.74. The van der Waals surface area contributed by atoms with Gasteiger partial charge in [-0.3, -0.25) is 4.90 Å². The first kappa shape index (κ1) is 20.1. The Morgan fingerprint density at radius 1 is 1.18 bits per heavy atom. The molecule has 0 aliphatic carbocycles. The maximum absolute atomic E-state index is 13.0. The number of carbonyl (C=O) groups excluding carboxylic acids is 1. The molecule has 0 spiro atoms. The molecule has 0 atom stereocenters. The Kier molecular flexibility index (Phi) is 6.81. The molecule has 1 aliphatic heterocycles. The topological polar surface area (TPSA) is 60.5 Å². The van der Waals surface area contributed by atoms with Gasteiger partial charge >= 0.3 is 6.03 Å². The van der Waals surface area contributed by atoms with Gasteiger partial charge in [-0.15, -0.1) is 0 Å². The molecule has 150 valence electrons. The smallest absolute Gasteiger partial charge is 0.315 e. The number of hydrogen-bond donors (Lipinski definition) is 2. The fourth-order valence-electron chi connectivity index (χ4n) is 3.32. The van der Waals surface area contributed by atoms with E-state index in [1.807, 2.05) is 43.3 Å². The summed E-state index contributed by atoms with van der Waals surface area (Å²) in [6, 6.07) is 10.6. The zero-order valence-corrected chi connectivity index (χ0v) is 16.5. The third-order valence-electron chi connectivity index (χ3n) is 4.96. The number of carbonyl (C=O) groups is 1. The highest BCUT2D eigenvalue weighted by atomic mass is 19.1. The van der Waals surface area contributed by atoms with E-state index in [1.165, 1.54) is 12.1 Å². The second-order valence-corrected chi connectivity index (χ2v) is 7.42. The summed E-state index contributed by atoms with van der Waals surface area (Å²) in [6.45, 7) is 3.12. The Balaban J connectivity index is 1.39. The number of aromatic nitrogens is 1. The first-order chi connectivity index (χ1) is 13.5. The second kappa shape index (κ2) is 9.50. The second-order valence-electron chi connectivity index (χ2n) is 7.42. The molecule has 2 aromatic rings. The van der Waals surface area contributed by atoms with Crippen molar-refractivity contribution in [2.45, 2.75) is 32.0 Å². The number of nitrogens with one attached hydrogen (secondary N) is 2. The Morgan fingerprint density at radius 2 is 1.89 bits per heavy atom. The van der Waals surface area contributed by atoms with Gasteiger partial charge in [-0.25, -0.2) is 14.2 Å². The minimum Gasteiger partial charge on any atom is -0.363 e. The maximum Gasteiger partial charge on any atom is 0.315 e. The Labute approximate surface area is 165 Å². The van der Waals surface area contributed by atoms with Crippen molar-refractivity contribution in [3.63, 3.8) is 0 Å². The normalized spacial score (nSPS) is 15.2. The van der Waals surface area contributed by atoms with Crippen LogP contribution in [0.2, 0.25) is 0 Å². The summed E-state index contributed by atoms with van der Waals surface area (Å²) < 4.78 is 13.0. The van der Waals surface area contributed by atoms with E-state index in [4.69, 9.17) is 0 Å². The first-order valence-electron chi connectivity index (χ1n) is 9.63. The highest BCUT2D eigenvalue weighted by Gasteiger charge is 2.20. The molecule has 7 heteroatoms. The van der Waals surface area contributed by atoms with Gasteiger partial charge in [0.15, 0.2) is 0 Å². The van der Waals surface area contributed by atoms with Gasteiger partial charge in [0.2, 0.25) is 0 Å². The summed E-state index contributed by atoms with van der Waals surface area (Å²) in [4.78, 5) is 20.8. The van der Waals surface area contributed by atoms with Crippen LogP contribution in [0.5, 0.6) is 0 Å². The SMILES string of the molecule is CN(C)c1cc(CNC(=O)NC2CCN(Cc3ccc(F)cc3)CC2)ccn1. The molecule has 1 aromatic heterocycles. The molecular weight excluding hydrogens is 357 g/mol. The number of pyridine rings is 1. The Morgan fingerprint density at radius 3 is 2.57 bits per heavy atom. The van der Waals surface area contributed by atoms with Crippen LogP contribution in [-0.2, 0) is 13.1 Å². The van der Waals surface area contributed by atoms with Crippen molar-refractivity contribution in [1.82, 2.24) is 20.5 Å². The van der Waals surface area contributed by atoms with Crippen LogP contribution in [0.25, 0.3) is 0 Å². The molecule has 0 saturated carbocycles. The number of amides is 2. The van der Waals surface area contributed by atoms with E-state index in [1.54, 1.807) is 6.20 Å². The van der Waals surface area contributed by atoms with Gasteiger partial charge in [0.05, 0.1) is 0 Å². The van der Waals surface area contributed by atoms with Crippen molar-refractivity contribution < 1.29 is 9.18 Å². The summed E-state index contributed by atoms with van der Waals surface area (Å²) in [7, 11) is 3.88. The molecule has 0 unspecified atom stereocenters. The number of anilines is 1. The number of piperidine rings is 1. The van der Waals surface area contributed by atoms with Crippen LogP contribution in [0.1, 0.15) is 24.0 Å². The zero-order valence-electron chi connectivity index (χ0n) is 16.5. The van der Waals surface area contributed by atoms with Crippen molar-refractivity contribution in [2.75, 3.05) is 32.1 Å². The minimum atomic E-state index is -0.206. The molecule has 2 heterocycles. The Bertz CT molecular complexity index is 773. The standard InChI is InChI=1S/C21H28FN5O/c1-26(2)20-13-17(7-10-23-20)14-24-21(28)25-19-8-11-27(12-9-19)15-16-3-5-18(22)6-4-16/h3-7,10,13,19H,8-9,11-12,14-15H2,1-2H3,(H2,24,25,28). The lowest BCUT2D eigenvalue weighted by Gasteiger charge is -2.32. The van der Waals surface area contributed by atoms with E-state index in [2.05, 4.69) is 20.5 Å². The maximum atomic E-state index is 13.0. The summed E-state index contributed by atoms with van der Waals surface area (Å²) in [5.74, 6) is 0.663. The lowest BCUT2D eigenvalue weighted by Crippen LogP contribution is -2.47. The fourth-order valence-corrected chi connectivity index (χ4v) is 3.32. The highest BCUT2D eigenvalue weighted by Crippen LogP contribution is 2.14. The van der Waals surface area contributed by atoms with Crippen molar-refractivity contribution in [1.29, 1.82) is 0 Å². The molecule has 0 radical (unpaired) electrons. The van der Waals surface area contributed by atoms with Crippen molar-refractivity contribution >= 4 is 11.8 Å². The quantitative estimate of drug-likeness (QED) is 0.803. The van der Waals surface area contributed by atoms with E-state index in [0.717, 1.165) is 49.4 Å². The number of halogens is 1. The van der Waals surface area contributed by atoms with Crippen LogP contribution < -0.4 is 15.5 Å². The van der Waals surface area contributed by atoms with E-state index < -0.39 is 0 Å². The van der Waals surface area contributed by atoms with Crippen LogP contribution in [0.4, 0.5) is 15.0 Å². The fraction of sp³-hybridized carbons (Fsp3) is 0.429. The zero-order chi connectivity index (χ0) is 19.9. The number of benzene rings is 1. The largest absolute Gasteiger partial charge is 0.363 e. The predicted molar refractivity (Wildman–Crippen MR) is 109 cm³/mol. The number of hydrogen-bond acceptors (Lipinski definition) is 4. The van der Waals surface area contributed by atoms with E-state index in [-0.39, 0.29) is 17.9 Å². The van der Waals surface area contributed by atoms with Gasteiger partial charge in [0, 0.05) is 52.5 Å². The first-order valence-corrected chi connectivity index (χ1v) is 9.63. The van der Waals surface area contributed by atoms with Gasteiger partial charge in [-0.2, -0.15) is 0 Å². The lowest BCUT2D eigenvalue weighted by atomic mass is 10.0. The van der Waals surface area contributed by atoms with Gasteiger partial charge in [0.25, 0.3) is 0 Å². The third-order valence-corrected chi connectivity index (χ3v) is 4.96. The van der Waals surface area contributed by atoms with Gasteiger partial charge < -0.3 is 15.5 Å². The molecule has 1 fully saturated rings. The summed E-state index contributed by atoms with van der Waals surface area (Å²) >= 11 is 0. The molecule has 0 bridgehead atoms. The van der Waals surface area contributed by atoms with Crippen molar-refractivity contribution in [3.8, 4) is 0 Å². The van der Waals surface area contributed by atoms with Crippen LogP contribution in [0, 0.1) is 5.82 Å². The molecule has 3 rings (SSSR count). The van der Waals surface area contributed by atoms with Crippen LogP contribution in [0.15, 0.2) is 42.6 Å². The van der Waals surface area contributed by atoms with E-state index in [0.29, 0.717) is 6.54 Å². The molecule has 2 N–H and O–H groups in total. The molecule has 6 nitrogen and oxygen atoms in total. The number of nitrogens with zero attached hydrogens (tertiary/aromatic N) is 3. The number of rotatable bonds is 6. The lowest BCUT2D eigenvalue weighted by molar-refractivity contribution is 0.186. The third kappa shape index (κ3) is 5.92. The predicted octanol–water partition coefficient (Wildman–Crippen LogP) is 2.75. The van der Waals surface area contributed by atoms with Gasteiger partial charge in [-0.1, -0.05) is 12.1 Å². The summed E-state index contributed by atoms with van der Waals surface area (Å²) in [5, 5.41) is 5.99. The molecule has 1 aliphatic rings. The van der Waals surface area contributed by atoms with Crippen molar-refractivity contribution in [2.24, 2.45) is 0 Å². The van der Waals surface area contributed by atoms with Crippen molar-refractivity contribution in [3.05, 3.63) is 59.5 Å². The molecule has 1 aromatic carbocycles. The molecular formula is C21H28FN5O. The van der Waals surface area contributed by atoms with Crippen LogP contribution in [-0.4, -0.2) is 49.1 Å². The van der Waals surface area contributed by atoms with Gasteiger partial charge in [0.1, 0.15) is 11.6 Å². The number of likely N-dealkylation sites (tertiary alicyclic amines) is 1. The van der Waals surface area contributed by atoms with E-state index >= 15 is 0 Å². The number of urea groups is 1. The monoisotopic (exact) mass is 385 g/mol. The molecule has 28 heavy (non-hydrogen) atoms. The summed E-state index contributed by atoms with van der Waals surface area (Å²) in [5.41, 5.74) is 2.13. The Hall–Kier alpha value is -2.67. The minimum absolute atomic E-state index is 0.139. The summed E-state index contributed by atoms with van der Waals surface area (Å²) in [6.07, 6.45) is 3.57.